The fourth-order valence-corrected chi connectivity index (χ4v) is 4.69. The second-order valence-corrected chi connectivity index (χ2v) is 9.42. The number of rotatable bonds is 10. The average molecular weight is 491 g/mol. The van der Waals surface area contributed by atoms with Gasteiger partial charge in [-0.05, 0) is 72.1 Å². The van der Waals surface area contributed by atoms with Crippen LogP contribution in [0.25, 0.3) is 27.8 Å². The number of hydrogen-bond donors (Lipinski definition) is 0. The molecule has 0 heterocycles. The van der Waals surface area contributed by atoms with Crippen molar-refractivity contribution in [2.75, 3.05) is 6.61 Å². The number of ether oxygens (including phenoxy) is 1. The topological polar surface area (TPSA) is 9.23 Å². The Morgan fingerprint density at radius 1 is 0.861 bits per heavy atom. The minimum atomic E-state index is -0.971. The lowest BCUT2D eigenvalue weighted by Crippen LogP contribution is -2.03. The third-order valence-corrected chi connectivity index (χ3v) is 6.93. The molecule has 1 aliphatic carbocycles. The van der Waals surface area contributed by atoms with Gasteiger partial charge in [0.25, 0.3) is 0 Å². The fourth-order valence-electron chi connectivity index (χ4n) is 4.69. The molecule has 0 radical (unpaired) electrons. The van der Waals surface area contributed by atoms with Crippen molar-refractivity contribution < 1.29 is 17.9 Å². The van der Waals surface area contributed by atoms with Crippen LogP contribution in [0.1, 0.15) is 57.4 Å². The molecule has 1 aliphatic rings. The lowest BCUT2D eigenvalue weighted by atomic mass is 9.86. The Hall–Kier alpha value is -3.27. The molecule has 3 aromatic rings. The number of allylic oxidation sites excluding steroid dienone is 3. The summed E-state index contributed by atoms with van der Waals surface area (Å²) in [7, 11) is 0. The molecule has 0 aliphatic heterocycles. The summed E-state index contributed by atoms with van der Waals surface area (Å²) < 4.78 is 49.8. The van der Waals surface area contributed by atoms with Crippen molar-refractivity contribution in [3.05, 3.63) is 96.3 Å². The second-order valence-electron chi connectivity index (χ2n) is 9.42. The van der Waals surface area contributed by atoms with Gasteiger partial charge in [-0.3, -0.25) is 0 Å². The predicted molar refractivity (Wildman–Crippen MR) is 142 cm³/mol. The number of unbranched alkanes of at least 4 members (excludes halogenated alkanes) is 3. The first-order valence-electron chi connectivity index (χ1n) is 12.8. The molecule has 0 amide bonds. The molecular formula is C32H33F3O. The molecule has 36 heavy (non-hydrogen) atoms. The molecule has 0 N–H and O–H groups in total. The molecule has 0 aromatic heterocycles. The van der Waals surface area contributed by atoms with Gasteiger partial charge in [0.2, 0.25) is 5.82 Å². The molecule has 0 bridgehead atoms. The van der Waals surface area contributed by atoms with E-state index in [9.17, 15) is 13.2 Å². The number of halogens is 3. The summed E-state index contributed by atoms with van der Waals surface area (Å²) in [5, 5.41) is 0. The molecule has 3 aromatic carbocycles. The highest BCUT2D eigenvalue weighted by Crippen LogP contribution is 2.35. The summed E-state index contributed by atoms with van der Waals surface area (Å²) in [5.74, 6) is -1.75. The van der Waals surface area contributed by atoms with E-state index in [1.54, 1.807) is 24.3 Å². The largest absolute Gasteiger partial charge is 0.490 e. The van der Waals surface area contributed by atoms with Gasteiger partial charge in [0.1, 0.15) is 5.82 Å². The smallest absolute Gasteiger partial charge is 0.201 e. The molecule has 4 heteroatoms. The highest BCUT2D eigenvalue weighted by molar-refractivity contribution is 5.74. The van der Waals surface area contributed by atoms with Gasteiger partial charge in [0, 0.05) is 11.1 Å². The van der Waals surface area contributed by atoms with E-state index in [4.69, 9.17) is 4.74 Å². The summed E-state index contributed by atoms with van der Waals surface area (Å²) in [6, 6.07) is 15.3. The molecule has 0 saturated heterocycles. The standard InChI is InChI=1S/C32H33F3O/c1-3-5-6-7-20-36-30-19-18-28(31(34)32(30)35)25-14-12-23(13-15-25)26-16-17-27(29(33)21-26)24-10-8-22(4-2)9-11-24/h4,10,12-19,21-22H,2-3,5-9,11,20H2,1H3. The van der Waals surface area contributed by atoms with Crippen LogP contribution in [0.15, 0.2) is 73.3 Å². The lowest BCUT2D eigenvalue weighted by molar-refractivity contribution is 0.285. The third kappa shape index (κ3) is 5.92. The Labute approximate surface area is 212 Å². The van der Waals surface area contributed by atoms with Gasteiger partial charge < -0.3 is 4.74 Å². The lowest BCUT2D eigenvalue weighted by Gasteiger charge is -2.19. The van der Waals surface area contributed by atoms with Gasteiger partial charge in [-0.15, -0.1) is 6.58 Å². The van der Waals surface area contributed by atoms with Crippen LogP contribution in [-0.2, 0) is 0 Å². The van der Waals surface area contributed by atoms with Gasteiger partial charge in [0.05, 0.1) is 6.61 Å². The van der Waals surface area contributed by atoms with Gasteiger partial charge in [0.15, 0.2) is 11.6 Å². The Bertz CT molecular complexity index is 1230. The van der Waals surface area contributed by atoms with Crippen LogP contribution in [0.4, 0.5) is 13.2 Å². The minimum absolute atomic E-state index is 0.0620. The van der Waals surface area contributed by atoms with E-state index in [1.165, 1.54) is 18.2 Å². The summed E-state index contributed by atoms with van der Waals surface area (Å²) >= 11 is 0. The Morgan fingerprint density at radius 2 is 1.58 bits per heavy atom. The van der Waals surface area contributed by atoms with Crippen LogP contribution < -0.4 is 4.74 Å². The molecule has 1 atom stereocenters. The van der Waals surface area contributed by atoms with Crippen LogP contribution >= 0.6 is 0 Å². The summed E-state index contributed by atoms with van der Waals surface area (Å²) in [5.41, 5.74) is 3.94. The van der Waals surface area contributed by atoms with Crippen molar-refractivity contribution in [3.8, 4) is 28.0 Å². The quantitative estimate of drug-likeness (QED) is 0.203. The number of hydrogen-bond acceptors (Lipinski definition) is 1. The third-order valence-electron chi connectivity index (χ3n) is 6.93. The van der Waals surface area contributed by atoms with Crippen LogP contribution in [0.3, 0.4) is 0 Å². The first-order valence-corrected chi connectivity index (χ1v) is 12.8. The van der Waals surface area contributed by atoms with Gasteiger partial charge in [-0.25, -0.2) is 8.78 Å². The first kappa shape index (κ1) is 25.8. The zero-order chi connectivity index (χ0) is 25.5. The van der Waals surface area contributed by atoms with Crippen molar-refractivity contribution in [3.63, 3.8) is 0 Å². The Balaban J connectivity index is 1.47. The van der Waals surface area contributed by atoms with Crippen molar-refractivity contribution in [1.82, 2.24) is 0 Å². The van der Waals surface area contributed by atoms with E-state index in [0.717, 1.165) is 61.6 Å². The summed E-state index contributed by atoms with van der Waals surface area (Å²) in [4.78, 5) is 0. The van der Waals surface area contributed by atoms with Crippen LogP contribution in [0.2, 0.25) is 0 Å². The van der Waals surface area contributed by atoms with E-state index in [-0.39, 0.29) is 17.1 Å². The van der Waals surface area contributed by atoms with E-state index < -0.39 is 11.6 Å². The highest BCUT2D eigenvalue weighted by atomic mass is 19.2. The first-order chi connectivity index (χ1) is 17.5. The highest BCUT2D eigenvalue weighted by Gasteiger charge is 2.18. The minimum Gasteiger partial charge on any atom is -0.490 e. The van der Waals surface area contributed by atoms with Crippen molar-refractivity contribution in [2.45, 2.75) is 51.9 Å². The molecule has 0 fully saturated rings. The second kappa shape index (κ2) is 12.1. The normalized spacial score (nSPS) is 15.4. The van der Waals surface area contributed by atoms with E-state index in [1.807, 2.05) is 18.2 Å². The van der Waals surface area contributed by atoms with Crippen LogP contribution in [0.5, 0.6) is 5.75 Å². The van der Waals surface area contributed by atoms with E-state index in [2.05, 4.69) is 19.6 Å². The number of benzene rings is 3. The van der Waals surface area contributed by atoms with Crippen LogP contribution in [0, 0.1) is 23.4 Å². The molecular weight excluding hydrogens is 457 g/mol. The zero-order valence-corrected chi connectivity index (χ0v) is 20.8. The zero-order valence-electron chi connectivity index (χ0n) is 20.8. The summed E-state index contributed by atoms with van der Waals surface area (Å²) in [6.07, 6.45) is 10.8. The van der Waals surface area contributed by atoms with E-state index >= 15 is 0 Å². The molecule has 0 saturated carbocycles. The Kier molecular flexibility index (Phi) is 8.69. The molecule has 1 unspecified atom stereocenters. The molecule has 1 nitrogen and oxygen atoms in total. The average Bonchev–Trinajstić information content (AvgIpc) is 2.91. The monoisotopic (exact) mass is 490 g/mol. The maximum atomic E-state index is 15.0. The maximum Gasteiger partial charge on any atom is 0.201 e. The fraction of sp³-hybridized carbons (Fsp3) is 0.312. The predicted octanol–water partition coefficient (Wildman–Crippen LogP) is 9.77. The van der Waals surface area contributed by atoms with Crippen LogP contribution in [-0.4, -0.2) is 6.61 Å². The Morgan fingerprint density at radius 3 is 2.25 bits per heavy atom. The molecule has 188 valence electrons. The van der Waals surface area contributed by atoms with E-state index in [0.29, 0.717) is 23.7 Å². The molecule has 4 rings (SSSR count). The maximum absolute atomic E-state index is 15.0. The van der Waals surface area contributed by atoms with Crippen molar-refractivity contribution in [1.29, 1.82) is 0 Å². The molecule has 0 spiro atoms. The van der Waals surface area contributed by atoms with Crippen molar-refractivity contribution in [2.24, 2.45) is 5.92 Å². The van der Waals surface area contributed by atoms with Gasteiger partial charge in [-0.2, -0.15) is 4.39 Å². The SMILES string of the molecule is C=CC1CC=C(c2ccc(-c3ccc(-c4ccc(OCCCCCC)c(F)c4F)cc3)cc2F)CC1. The van der Waals surface area contributed by atoms with Gasteiger partial charge in [-0.1, -0.05) is 74.7 Å². The summed E-state index contributed by atoms with van der Waals surface area (Å²) in [6.45, 7) is 6.34. The van der Waals surface area contributed by atoms with Crippen molar-refractivity contribution >= 4 is 5.57 Å². The van der Waals surface area contributed by atoms with Gasteiger partial charge >= 0.3 is 0 Å².